The maximum atomic E-state index is 5.03. The van der Waals surface area contributed by atoms with Crippen molar-refractivity contribution < 1.29 is 4.42 Å². The Morgan fingerprint density at radius 2 is 2.00 bits per heavy atom. The van der Waals surface area contributed by atoms with Crippen LogP contribution in [0, 0.1) is 0 Å². The Hall–Kier alpha value is -0.760. The SMILES string of the molecule is CCCC(CCC)NCc1ccoc1. The summed E-state index contributed by atoms with van der Waals surface area (Å²) in [5, 5.41) is 3.56. The Bertz CT molecular complexity index is 212. The van der Waals surface area contributed by atoms with Crippen molar-refractivity contribution in [2.75, 3.05) is 0 Å². The largest absolute Gasteiger partial charge is 0.472 e. The lowest BCUT2D eigenvalue weighted by Gasteiger charge is -2.16. The number of rotatable bonds is 7. The molecule has 2 heteroatoms. The van der Waals surface area contributed by atoms with Gasteiger partial charge in [0.1, 0.15) is 0 Å². The van der Waals surface area contributed by atoms with Gasteiger partial charge in [0.25, 0.3) is 0 Å². The minimum absolute atomic E-state index is 0.667. The monoisotopic (exact) mass is 195 g/mol. The summed E-state index contributed by atoms with van der Waals surface area (Å²) in [4.78, 5) is 0. The van der Waals surface area contributed by atoms with E-state index in [2.05, 4.69) is 19.2 Å². The molecule has 0 aliphatic carbocycles. The molecule has 0 amide bonds. The lowest BCUT2D eigenvalue weighted by atomic mass is 10.1. The smallest absolute Gasteiger partial charge is 0.0947 e. The minimum Gasteiger partial charge on any atom is -0.472 e. The van der Waals surface area contributed by atoms with Crippen LogP contribution in [-0.2, 0) is 6.54 Å². The highest BCUT2D eigenvalue weighted by Crippen LogP contribution is 2.06. The van der Waals surface area contributed by atoms with Gasteiger partial charge in [0.05, 0.1) is 12.5 Å². The highest BCUT2D eigenvalue weighted by molar-refractivity contribution is 5.04. The predicted octanol–water partition coefficient (Wildman–Crippen LogP) is 3.34. The van der Waals surface area contributed by atoms with E-state index in [-0.39, 0.29) is 0 Å². The molecule has 0 bridgehead atoms. The number of nitrogens with one attached hydrogen (secondary N) is 1. The van der Waals surface area contributed by atoms with Gasteiger partial charge in [-0.05, 0) is 18.9 Å². The first-order valence-electron chi connectivity index (χ1n) is 5.61. The number of furan rings is 1. The van der Waals surface area contributed by atoms with Crippen LogP contribution in [0.2, 0.25) is 0 Å². The Balaban J connectivity index is 2.25. The molecule has 80 valence electrons. The van der Waals surface area contributed by atoms with Crippen molar-refractivity contribution >= 4 is 0 Å². The molecule has 0 atom stereocenters. The van der Waals surface area contributed by atoms with E-state index < -0.39 is 0 Å². The Kier molecular flexibility index (Phi) is 5.38. The van der Waals surface area contributed by atoms with Gasteiger partial charge in [0.15, 0.2) is 0 Å². The van der Waals surface area contributed by atoms with E-state index in [0.717, 1.165) is 6.54 Å². The van der Waals surface area contributed by atoms with Crippen molar-refractivity contribution in [3.8, 4) is 0 Å². The van der Waals surface area contributed by atoms with Crippen molar-refractivity contribution in [3.05, 3.63) is 24.2 Å². The second kappa shape index (κ2) is 6.66. The van der Waals surface area contributed by atoms with Crippen LogP contribution in [0.1, 0.15) is 45.1 Å². The third kappa shape index (κ3) is 3.97. The van der Waals surface area contributed by atoms with E-state index in [0.29, 0.717) is 6.04 Å². The molecule has 1 aromatic heterocycles. The van der Waals surface area contributed by atoms with Crippen LogP contribution >= 0.6 is 0 Å². The Morgan fingerprint density at radius 1 is 1.29 bits per heavy atom. The van der Waals surface area contributed by atoms with Gasteiger partial charge >= 0.3 is 0 Å². The Labute approximate surface area is 86.7 Å². The van der Waals surface area contributed by atoms with E-state index in [1.165, 1.54) is 31.2 Å². The first-order valence-corrected chi connectivity index (χ1v) is 5.61. The standard InChI is InChI=1S/C12H21NO/c1-3-5-12(6-4-2)13-9-11-7-8-14-10-11/h7-8,10,12-13H,3-6,9H2,1-2H3. The highest BCUT2D eigenvalue weighted by atomic mass is 16.3. The molecule has 14 heavy (non-hydrogen) atoms. The van der Waals surface area contributed by atoms with Crippen LogP contribution in [0.4, 0.5) is 0 Å². The van der Waals surface area contributed by atoms with Gasteiger partial charge < -0.3 is 9.73 Å². The summed E-state index contributed by atoms with van der Waals surface area (Å²) in [6.45, 7) is 5.41. The fourth-order valence-corrected chi connectivity index (χ4v) is 1.70. The van der Waals surface area contributed by atoms with Crippen LogP contribution in [0.15, 0.2) is 23.0 Å². The van der Waals surface area contributed by atoms with Crippen LogP contribution in [0.3, 0.4) is 0 Å². The minimum atomic E-state index is 0.667. The fourth-order valence-electron chi connectivity index (χ4n) is 1.70. The summed E-state index contributed by atoms with van der Waals surface area (Å²) in [6.07, 6.45) is 8.58. The molecule has 0 saturated carbocycles. The van der Waals surface area contributed by atoms with E-state index in [1.54, 1.807) is 6.26 Å². The third-order valence-electron chi connectivity index (χ3n) is 2.45. The van der Waals surface area contributed by atoms with E-state index >= 15 is 0 Å². The van der Waals surface area contributed by atoms with Gasteiger partial charge in [-0.15, -0.1) is 0 Å². The molecule has 1 aromatic rings. The van der Waals surface area contributed by atoms with Crippen LogP contribution in [0.25, 0.3) is 0 Å². The van der Waals surface area contributed by atoms with Crippen molar-refractivity contribution in [3.63, 3.8) is 0 Å². The van der Waals surface area contributed by atoms with E-state index in [1.807, 2.05) is 12.3 Å². The van der Waals surface area contributed by atoms with Crippen LogP contribution in [0.5, 0.6) is 0 Å². The van der Waals surface area contributed by atoms with Crippen molar-refractivity contribution in [1.82, 2.24) is 5.32 Å². The average Bonchev–Trinajstić information content (AvgIpc) is 2.67. The lowest BCUT2D eigenvalue weighted by molar-refractivity contribution is 0.441. The van der Waals surface area contributed by atoms with Gasteiger partial charge in [-0.2, -0.15) is 0 Å². The van der Waals surface area contributed by atoms with Crippen molar-refractivity contribution in [1.29, 1.82) is 0 Å². The molecule has 0 aromatic carbocycles. The molecular weight excluding hydrogens is 174 g/mol. The molecule has 0 aliphatic heterocycles. The van der Waals surface area contributed by atoms with Gasteiger partial charge in [0, 0.05) is 18.2 Å². The van der Waals surface area contributed by atoms with Gasteiger partial charge in [0.2, 0.25) is 0 Å². The molecule has 1 heterocycles. The van der Waals surface area contributed by atoms with Gasteiger partial charge in [-0.3, -0.25) is 0 Å². The summed E-state index contributed by atoms with van der Waals surface area (Å²) in [5.41, 5.74) is 1.24. The second-order valence-corrected chi connectivity index (χ2v) is 3.79. The van der Waals surface area contributed by atoms with E-state index in [9.17, 15) is 0 Å². The molecule has 2 nitrogen and oxygen atoms in total. The summed E-state index contributed by atoms with van der Waals surface area (Å²) >= 11 is 0. The highest BCUT2D eigenvalue weighted by Gasteiger charge is 2.05. The lowest BCUT2D eigenvalue weighted by Crippen LogP contribution is -2.28. The molecule has 0 unspecified atom stereocenters. The second-order valence-electron chi connectivity index (χ2n) is 3.79. The Morgan fingerprint density at radius 3 is 2.50 bits per heavy atom. The first-order chi connectivity index (χ1) is 6.86. The first kappa shape index (κ1) is 11.3. The zero-order valence-electron chi connectivity index (χ0n) is 9.25. The molecule has 0 spiro atoms. The fraction of sp³-hybridized carbons (Fsp3) is 0.667. The van der Waals surface area contributed by atoms with Crippen molar-refractivity contribution in [2.24, 2.45) is 0 Å². The molecular formula is C12H21NO. The maximum absolute atomic E-state index is 5.03. The number of hydrogen-bond donors (Lipinski definition) is 1. The molecule has 0 saturated heterocycles. The molecule has 1 N–H and O–H groups in total. The normalized spacial score (nSPS) is 11.1. The third-order valence-corrected chi connectivity index (χ3v) is 2.45. The topological polar surface area (TPSA) is 25.2 Å². The summed E-state index contributed by atoms with van der Waals surface area (Å²) < 4.78 is 5.03. The maximum Gasteiger partial charge on any atom is 0.0947 e. The van der Waals surface area contributed by atoms with Gasteiger partial charge in [-0.1, -0.05) is 26.7 Å². The zero-order chi connectivity index (χ0) is 10.2. The molecule has 1 rings (SSSR count). The summed E-state index contributed by atoms with van der Waals surface area (Å²) in [6, 6.07) is 2.68. The van der Waals surface area contributed by atoms with Gasteiger partial charge in [-0.25, -0.2) is 0 Å². The molecule has 0 fully saturated rings. The van der Waals surface area contributed by atoms with Crippen molar-refractivity contribution in [2.45, 2.75) is 52.1 Å². The van der Waals surface area contributed by atoms with Crippen LogP contribution in [-0.4, -0.2) is 6.04 Å². The summed E-state index contributed by atoms with van der Waals surface area (Å²) in [7, 11) is 0. The zero-order valence-corrected chi connectivity index (χ0v) is 9.25. The number of hydrogen-bond acceptors (Lipinski definition) is 2. The molecule has 0 aliphatic rings. The molecule has 0 radical (unpaired) electrons. The summed E-state index contributed by atoms with van der Waals surface area (Å²) in [5.74, 6) is 0. The van der Waals surface area contributed by atoms with E-state index in [4.69, 9.17) is 4.42 Å². The quantitative estimate of drug-likeness (QED) is 0.722. The van der Waals surface area contributed by atoms with Crippen LogP contribution < -0.4 is 5.32 Å². The average molecular weight is 195 g/mol. The predicted molar refractivity (Wildman–Crippen MR) is 59.2 cm³/mol.